The van der Waals surface area contributed by atoms with Crippen LogP contribution in [0, 0.1) is 0 Å². The van der Waals surface area contributed by atoms with Gasteiger partial charge >= 0.3 is 12.1 Å². The van der Waals surface area contributed by atoms with Crippen LogP contribution in [-0.2, 0) is 19.0 Å². The van der Waals surface area contributed by atoms with E-state index in [1.807, 2.05) is 0 Å². The van der Waals surface area contributed by atoms with E-state index in [1.54, 1.807) is 26.8 Å². The number of hydrogen-bond acceptors (Lipinski definition) is 5. The zero-order valence-corrected chi connectivity index (χ0v) is 14.2. The number of rotatable bonds is 6. The van der Waals surface area contributed by atoms with E-state index in [4.69, 9.17) is 9.47 Å². The number of nitrogens with zero attached hydrogens (tertiary/aromatic N) is 1. The van der Waals surface area contributed by atoms with Crippen molar-refractivity contribution in [1.29, 1.82) is 0 Å². The van der Waals surface area contributed by atoms with Gasteiger partial charge in [-0.1, -0.05) is 6.08 Å². The molecule has 0 unspecified atom stereocenters. The van der Waals surface area contributed by atoms with Gasteiger partial charge in [0, 0.05) is 12.5 Å². The quantitative estimate of drug-likeness (QED) is 0.425. The van der Waals surface area contributed by atoms with E-state index in [0.717, 1.165) is 0 Å². The summed E-state index contributed by atoms with van der Waals surface area (Å²) in [6.45, 7) is 5.97. The van der Waals surface area contributed by atoms with Crippen molar-refractivity contribution in [3.8, 4) is 0 Å². The molecule has 1 amide bonds. The van der Waals surface area contributed by atoms with Gasteiger partial charge in [-0.05, 0) is 27.2 Å². The molecule has 6 nitrogen and oxygen atoms in total. The minimum absolute atomic E-state index is 0.0329. The Bertz CT molecular complexity index is 433. The van der Waals surface area contributed by atoms with Crippen LogP contribution in [0.3, 0.4) is 0 Å². The van der Waals surface area contributed by atoms with Gasteiger partial charge in [0.15, 0.2) is 0 Å². The third-order valence-corrected chi connectivity index (χ3v) is 3.19. The van der Waals surface area contributed by atoms with Crippen molar-refractivity contribution in [1.82, 2.24) is 4.90 Å². The lowest BCUT2D eigenvalue weighted by Gasteiger charge is -2.28. The van der Waals surface area contributed by atoms with Gasteiger partial charge in [-0.15, -0.1) is 0 Å². The van der Waals surface area contributed by atoms with E-state index in [1.165, 1.54) is 18.1 Å². The monoisotopic (exact) mass is 331 g/mol. The van der Waals surface area contributed by atoms with E-state index in [9.17, 15) is 14.0 Å². The number of amides is 1. The number of alkyl halides is 1. The first-order valence-electron chi connectivity index (χ1n) is 7.69. The summed E-state index contributed by atoms with van der Waals surface area (Å²) in [6.07, 6.45) is 2.17. The largest absolute Gasteiger partial charge is 0.466 e. The summed E-state index contributed by atoms with van der Waals surface area (Å²) >= 11 is 0. The molecule has 0 N–H and O–H groups in total. The average molecular weight is 331 g/mol. The van der Waals surface area contributed by atoms with Crippen molar-refractivity contribution in [2.45, 2.75) is 51.4 Å². The normalized spacial score (nSPS) is 21.7. The predicted molar refractivity (Wildman–Crippen MR) is 82.8 cm³/mol. The Morgan fingerprint density at radius 1 is 1.35 bits per heavy atom. The third kappa shape index (κ3) is 7.45. The van der Waals surface area contributed by atoms with Crippen LogP contribution in [0.15, 0.2) is 12.2 Å². The van der Waals surface area contributed by atoms with E-state index in [0.29, 0.717) is 13.0 Å². The molecule has 7 heteroatoms. The summed E-state index contributed by atoms with van der Waals surface area (Å²) in [5, 5.41) is 0. The van der Waals surface area contributed by atoms with Crippen molar-refractivity contribution in [2.75, 3.05) is 26.9 Å². The molecule has 1 aliphatic heterocycles. The lowest BCUT2D eigenvalue weighted by molar-refractivity contribution is -0.134. The molecular formula is C16H26FNO5. The molecule has 0 aromatic rings. The van der Waals surface area contributed by atoms with Crippen LogP contribution in [-0.4, -0.2) is 61.6 Å². The van der Waals surface area contributed by atoms with Gasteiger partial charge < -0.3 is 14.2 Å². The van der Waals surface area contributed by atoms with E-state index >= 15 is 0 Å². The van der Waals surface area contributed by atoms with Gasteiger partial charge in [0.05, 0.1) is 32.9 Å². The number of hydrogen-bond donors (Lipinski definition) is 0. The van der Waals surface area contributed by atoms with Crippen LogP contribution in [0.5, 0.6) is 0 Å². The Balaban J connectivity index is 2.37. The maximum Gasteiger partial charge on any atom is 0.410 e. The predicted octanol–water partition coefficient (Wildman–Crippen LogP) is 2.47. The number of likely N-dealkylation sites (tertiary alicyclic amines) is 1. The van der Waals surface area contributed by atoms with Crippen LogP contribution in [0.25, 0.3) is 0 Å². The second-order valence-corrected chi connectivity index (χ2v) is 6.41. The van der Waals surface area contributed by atoms with Crippen LogP contribution in [0.1, 0.15) is 33.6 Å². The Morgan fingerprint density at radius 2 is 2.04 bits per heavy atom. The Labute approximate surface area is 136 Å². The fourth-order valence-corrected chi connectivity index (χ4v) is 2.18. The maximum atomic E-state index is 13.6. The number of carbonyl (C=O) groups excluding carboxylic acids is 2. The molecule has 0 aromatic carbocycles. The highest BCUT2D eigenvalue weighted by Crippen LogP contribution is 2.23. The first-order valence-corrected chi connectivity index (χ1v) is 7.69. The Kier molecular flexibility index (Phi) is 7.48. The molecular weight excluding hydrogens is 305 g/mol. The highest BCUT2D eigenvalue weighted by Gasteiger charge is 2.37. The smallest absolute Gasteiger partial charge is 0.410 e. The van der Waals surface area contributed by atoms with E-state index in [2.05, 4.69) is 4.74 Å². The van der Waals surface area contributed by atoms with Crippen LogP contribution >= 0.6 is 0 Å². The summed E-state index contributed by atoms with van der Waals surface area (Å²) in [7, 11) is 1.31. The van der Waals surface area contributed by atoms with Crippen molar-refractivity contribution >= 4 is 12.1 Å². The van der Waals surface area contributed by atoms with Gasteiger partial charge in [0.2, 0.25) is 0 Å². The van der Waals surface area contributed by atoms with Crippen molar-refractivity contribution in [3.05, 3.63) is 12.2 Å². The minimum Gasteiger partial charge on any atom is -0.466 e. The third-order valence-electron chi connectivity index (χ3n) is 3.19. The molecule has 0 aliphatic carbocycles. The minimum atomic E-state index is -1.06. The number of esters is 1. The highest BCUT2D eigenvalue weighted by atomic mass is 19.1. The van der Waals surface area contributed by atoms with Crippen LogP contribution in [0.4, 0.5) is 9.18 Å². The fourth-order valence-electron chi connectivity index (χ4n) is 2.18. The molecule has 132 valence electrons. The zero-order chi connectivity index (χ0) is 17.5. The first kappa shape index (κ1) is 19.4. The van der Waals surface area contributed by atoms with E-state index in [-0.39, 0.29) is 25.6 Å². The summed E-state index contributed by atoms with van der Waals surface area (Å²) in [5.74, 6) is -0.419. The highest BCUT2D eigenvalue weighted by molar-refractivity contribution is 5.81. The molecule has 1 heterocycles. The number of halogens is 1. The van der Waals surface area contributed by atoms with Gasteiger partial charge in [-0.3, -0.25) is 4.90 Å². The first-order chi connectivity index (χ1) is 10.7. The van der Waals surface area contributed by atoms with Gasteiger partial charge in [-0.2, -0.15) is 0 Å². The molecule has 0 bridgehead atoms. The molecule has 0 spiro atoms. The zero-order valence-electron chi connectivity index (χ0n) is 14.2. The SMILES string of the molecule is COC(=O)/C=C/CCOC[C@@H]1C[C@H](F)CN1C(=O)OC(C)(C)C. The lowest BCUT2D eigenvalue weighted by Crippen LogP contribution is -2.42. The number of methoxy groups -OCH3 is 1. The molecule has 0 aromatic heterocycles. The average Bonchev–Trinajstić information content (AvgIpc) is 2.81. The molecule has 1 fully saturated rings. The van der Waals surface area contributed by atoms with Crippen LogP contribution < -0.4 is 0 Å². The topological polar surface area (TPSA) is 65.1 Å². The van der Waals surface area contributed by atoms with Crippen molar-refractivity contribution < 1.29 is 28.2 Å². The second-order valence-electron chi connectivity index (χ2n) is 6.41. The molecule has 1 rings (SSSR count). The summed E-state index contributed by atoms with van der Waals surface area (Å²) in [5.41, 5.74) is -0.616. The Morgan fingerprint density at radius 3 is 2.65 bits per heavy atom. The summed E-state index contributed by atoms with van der Waals surface area (Å²) < 4.78 is 28.8. The summed E-state index contributed by atoms with van der Waals surface area (Å²) in [4.78, 5) is 24.3. The maximum absolute atomic E-state index is 13.6. The number of carbonyl (C=O) groups is 2. The van der Waals surface area contributed by atoms with Crippen molar-refractivity contribution in [2.24, 2.45) is 0 Å². The van der Waals surface area contributed by atoms with Crippen LogP contribution in [0.2, 0.25) is 0 Å². The molecule has 2 atom stereocenters. The number of ether oxygens (including phenoxy) is 3. The molecule has 0 saturated carbocycles. The van der Waals surface area contributed by atoms with Gasteiger partial charge in [0.25, 0.3) is 0 Å². The van der Waals surface area contributed by atoms with Gasteiger partial charge in [-0.25, -0.2) is 14.0 Å². The Hall–Kier alpha value is -1.63. The second kappa shape index (κ2) is 8.86. The molecule has 1 saturated heterocycles. The lowest BCUT2D eigenvalue weighted by atomic mass is 10.2. The van der Waals surface area contributed by atoms with Crippen molar-refractivity contribution in [3.63, 3.8) is 0 Å². The standard InChI is InChI=1S/C16H26FNO5/c1-16(2,3)23-15(20)18-10-12(17)9-13(18)11-22-8-6-5-7-14(19)21-4/h5,7,12-13H,6,8-11H2,1-4H3/b7-5+/t12-,13-/m0/s1. The fraction of sp³-hybridized carbons (Fsp3) is 0.750. The molecule has 1 aliphatic rings. The summed E-state index contributed by atoms with van der Waals surface area (Å²) in [6, 6.07) is -0.329. The molecule has 0 radical (unpaired) electrons. The molecule has 23 heavy (non-hydrogen) atoms. The van der Waals surface area contributed by atoms with E-state index < -0.39 is 23.8 Å². The van der Waals surface area contributed by atoms with Gasteiger partial charge in [0.1, 0.15) is 11.8 Å².